The van der Waals surface area contributed by atoms with Crippen LogP contribution >= 0.6 is 47.8 Å². The Balaban J connectivity index is 2.97. The van der Waals surface area contributed by atoms with Crippen LogP contribution in [0, 0.1) is 11.3 Å². The molecule has 0 aromatic heterocycles. The Hall–Kier alpha value is 0.820. The maximum absolute atomic E-state index is 11.3. The Morgan fingerprint density at radius 2 is 1.83 bits per heavy atom. The van der Waals surface area contributed by atoms with Crippen molar-refractivity contribution in [1.29, 1.82) is 0 Å². The van der Waals surface area contributed by atoms with Crippen molar-refractivity contribution >= 4 is 64.4 Å². The number of ether oxygens (including phenoxy) is 1. The Bertz CT molecular complexity index is 428. The van der Waals surface area contributed by atoms with E-state index in [0.29, 0.717) is 6.47 Å². The van der Waals surface area contributed by atoms with E-state index >= 15 is 0 Å². The molecule has 0 aromatic carbocycles. The average Bonchev–Trinajstić information content (AvgIpc) is 2.62. The van der Waals surface area contributed by atoms with Crippen molar-refractivity contribution < 1.29 is 22.1 Å². The maximum atomic E-state index is 11.3. The van der Waals surface area contributed by atoms with Gasteiger partial charge in [0, 0.05) is 11.3 Å². The number of halogens is 3. The maximum Gasteiger partial charge on any atom is 0.293 e. The van der Waals surface area contributed by atoms with Gasteiger partial charge in [-0.1, -0.05) is 61.6 Å². The first-order valence-electron chi connectivity index (χ1n) is 4.95. The van der Waals surface area contributed by atoms with Gasteiger partial charge in [-0.05, 0) is 0 Å². The van der Waals surface area contributed by atoms with Gasteiger partial charge >= 0.3 is 0 Å². The van der Waals surface area contributed by atoms with E-state index in [1.54, 1.807) is 0 Å². The highest BCUT2D eigenvalue weighted by molar-refractivity contribution is 9.39. The van der Waals surface area contributed by atoms with Crippen molar-refractivity contribution in [3.05, 3.63) is 0 Å². The monoisotopic (exact) mass is 470 g/mol. The minimum Gasteiger partial charge on any atom is -0.464 e. The van der Waals surface area contributed by atoms with Gasteiger partial charge in [0.15, 0.2) is 2.14 Å². The van der Waals surface area contributed by atoms with Gasteiger partial charge in [0.1, 0.15) is 12.2 Å². The summed E-state index contributed by atoms with van der Waals surface area (Å²) < 4.78 is 31.7. The third-order valence-corrected chi connectivity index (χ3v) is 4.85. The molecule has 9 heteroatoms. The van der Waals surface area contributed by atoms with Crippen molar-refractivity contribution in [2.75, 3.05) is 6.26 Å². The molecule has 0 aromatic rings. The van der Waals surface area contributed by atoms with Crippen molar-refractivity contribution in [2.24, 2.45) is 11.3 Å². The second kappa shape index (κ2) is 5.31. The molecular formula is C9H13Br3O5S. The number of carbonyl (C=O) groups is 1. The van der Waals surface area contributed by atoms with Crippen molar-refractivity contribution in [3.8, 4) is 0 Å². The van der Waals surface area contributed by atoms with Gasteiger partial charge in [0.05, 0.1) is 6.26 Å². The smallest absolute Gasteiger partial charge is 0.293 e. The van der Waals surface area contributed by atoms with Gasteiger partial charge in [0.2, 0.25) is 0 Å². The van der Waals surface area contributed by atoms with Gasteiger partial charge < -0.3 is 4.74 Å². The average molecular weight is 473 g/mol. The van der Waals surface area contributed by atoms with Gasteiger partial charge in [-0.2, -0.15) is 8.42 Å². The Morgan fingerprint density at radius 3 is 2.17 bits per heavy atom. The van der Waals surface area contributed by atoms with E-state index in [1.807, 2.05) is 13.8 Å². The van der Waals surface area contributed by atoms with E-state index in [0.717, 1.165) is 6.26 Å². The minimum absolute atomic E-state index is 0.254. The van der Waals surface area contributed by atoms with Gasteiger partial charge in [-0.15, -0.1) is 0 Å². The molecule has 0 bridgehead atoms. The van der Waals surface area contributed by atoms with E-state index < -0.39 is 18.4 Å². The molecule has 0 amide bonds. The summed E-state index contributed by atoms with van der Waals surface area (Å²) in [6.07, 6.45) is -0.162. The molecule has 0 saturated heterocycles. The zero-order valence-corrected chi connectivity index (χ0v) is 15.5. The molecule has 1 aliphatic carbocycles. The van der Waals surface area contributed by atoms with Crippen molar-refractivity contribution in [2.45, 2.75) is 28.2 Å². The summed E-state index contributed by atoms with van der Waals surface area (Å²) in [7, 11) is -3.63. The first-order valence-corrected chi connectivity index (χ1v) is 9.15. The summed E-state index contributed by atoms with van der Waals surface area (Å²) in [6, 6.07) is 0. The normalized spacial score (nSPS) is 28.6. The lowest BCUT2D eigenvalue weighted by molar-refractivity contribution is -0.131. The van der Waals surface area contributed by atoms with Crippen LogP contribution in [0.5, 0.6) is 0 Å². The fourth-order valence-electron chi connectivity index (χ4n) is 2.00. The molecule has 0 radical (unpaired) electrons. The summed E-state index contributed by atoms with van der Waals surface area (Å²) in [5.74, 6) is -0.254. The zero-order chi connectivity index (χ0) is 14.4. The van der Waals surface area contributed by atoms with Crippen molar-refractivity contribution in [3.63, 3.8) is 0 Å². The Kier molecular flexibility index (Phi) is 4.98. The fourth-order valence-corrected chi connectivity index (χ4v) is 4.15. The first kappa shape index (κ1) is 16.9. The van der Waals surface area contributed by atoms with Crippen LogP contribution in [0.25, 0.3) is 0 Å². The lowest BCUT2D eigenvalue weighted by Crippen LogP contribution is -2.34. The molecule has 0 aliphatic heterocycles. The molecule has 1 aliphatic rings. The first-order chi connectivity index (χ1) is 7.91. The summed E-state index contributed by atoms with van der Waals surface area (Å²) in [5.41, 5.74) is -0.350. The molecule has 0 spiro atoms. The molecular weight excluding hydrogens is 460 g/mol. The number of hydrogen-bond acceptors (Lipinski definition) is 5. The van der Waals surface area contributed by atoms with E-state index in [1.165, 1.54) is 0 Å². The van der Waals surface area contributed by atoms with Gasteiger partial charge in [-0.25, -0.2) is 0 Å². The van der Waals surface area contributed by atoms with Crippen LogP contribution in [0.1, 0.15) is 13.8 Å². The molecule has 1 rings (SSSR count). The summed E-state index contributed by atoms with van der Waals surface area (Å²) in [5, 5.41) is 0. The quantitative estimate of drug-likeness (QED) is 0.349. The van der Waals surface area contributed by atoms with Gasteiger partial charge in [-0.3, -0.25) is 8.98 Å². The lowest BCUT2D eigenvalue weighted by atomic mass is 10.1. The second-order valence-corrected chi connectivity index (χ2v) is 13.3. The molecule has 106 valence electrons. The van der Waals surface area contributed by atoms with Crippen LogP contribution in [0.4, 0.5) is 0 Å². The Morgan fingerprint density at radius 1 is 1.33 bits per heavy atom. The van der Waals surface area contributed by atoms with Crippen LogP contribution in [0.2, 0.25) is 0 Å². The predicted molar refractivity (Wildman–Crippen MR) is 77.4 cm³/mol. The van der Waals surface area contributed by atoms with Gasteiger partial charge in [0.25, 0.3) is 16.6 Å². The SMILES string of the molecule is CC1(C)C(OC=O)C1C(OS(C)(=O)=O)C(Br)(Br)Br. The molecule has 3 unspecified atom stereocenters. The molecule has 18 heavy (non-hydrogen) atoms. The molecule has 1 fully saturated rings. The van der Waals surface area contributed by atoms with Crippen LogP contribution in [-0.2, 0) is 23.8 Å². The number of carbonyl (C=O) groups excluding carboxylic acids is 1. The predicted octanol–water partition coefficient (Wildman–Crippen LogP) is 2.37. The zero-order valence-electron chi connectivity index (χ0n) is 9.89. The highest BCUT2D eigenvalue weighted by Gasteiger charge is 2.67. The fraction of sp³-hybridized carbons (Fsp3) is 0.889. The molecule has 0 N–H and O–H groups in total. The van der Waals surface area contributed by atoms with Crippen LogP contribution in [0.15, 0.2) is 0 Å². The molecule has 5 nitrogen and oxygen atoms in total. The number of alkyl halides is 3. The summed E-state index contributed by atoms with van der Waals surface area (Å²) in [6.45, 7) is 4.12. The van der Waals surface area contributed by atoms with E-state index in [9.17, 15) is 13.2 Å². The third-order valence-electron chi connectivity index (χ3n) is 2.94. The van der Waals surface area contributed by atoms with E-state index in [2.05, 4.69) is 47.8 Å². The largest absolute Gasteiger partial charge is 0.464 e. The minimum atomic E-state index is -3.63. The van der Waals surface area contributed by atoms with Crippen LogP contribution in [0.3, 0.4) is 0 Å². The summed E-state index contributed by atoms with van der Waals surface area (Å²) >= 11 is 9.81. The molecule has 1 saturated carbocycles. The molecule has 3 atom stereocenters. The third kappa shape index (κ3) is 3.91. The lowest BCUT2D eigenvalue weighted by Gasteiger charge is -2.25. The number of hydrogen-bond donors (Lipinski definition) is 0. The highest BCUT2D eigenvalue weighted by atomic mass is 80.0. The second-order valence-electron chi connectivity index (χ2n) is 4.76. The van der Waals surface area contributed by atoms with Crippen LogP contribution in [-0.4, -0.2) is 35.5 Å². The van der Waals surface area contributed by atoms with E-state index in [-0.39, 0.29) is 17.4 Å². The van der Waals surface area contributed by atoms with Crippen LogP contribution < -0.4 is 0 Å². The molecule has 0 heterocycles. The Labute approximate surface area is 131 Å². The number of rotatable bonds is 5. The van der Waals surface area contributed by atoms with E-state index in [4.69, 9.17) is 8.92 Å². The summed E-state index contributed by atoms with van der Waals surface area (Å²) in [4.78, 5) is 10.4. The topological polar surface area (TPSA) is 69.7 Å². The standard InChI is InChI=1S/C9H13Br3O5S/c1-8(2)5(6(8)16-4-13)7(9(10,11)12)17-18(3,14)15/h4-7H,1-3H3. The van der Waals surface area contributed by atoms with Crippen molar-refractivity contribution in [1.82, 2.24) is 0 Å². The highest BCUT2D eigenvalue weighted by Crippen LogP contribution is 2.61.